The molecule has 4 rings (SSSR count). The number of methoxy groups -OCH3 is 1. The van der Waals surface area contributed by atoms with E-state index in [0.29, 0.717) is 22.1 Å². The van der Waals surface area contributed by atoms with Gasteiger partial charge in [0.1, 0.15) is 16.4 Å². The first-order valence-electron chi connectivity index (χ1n) is 8.40. The average Bonchev–Trinajstić information content (AvgIpc) is 3.24. The zero-order valence-corrected chi connectivity index (χ0v) is 17.8. The number of thioether (sulfide) groups is 1. The van der Waals surface area contributed by atoms with Crippen molar-refractivity contribution in [2.24, 2.45) is 0 Å². The molecular weight excluding hydrogens is 414 g/mol. The standard InChI is InChI=1S/C18H17N5O2S3/c1-9-10(2)27-16-14(9)15(24)20-13(21-16)8-26-18-23-22-17(28-18)19-11-5-4-6-12(7-11)25-3/h4-7H,8H2,1-3H3,(H,19,22)(H,20,21,24). The molecule has 0 radical (unpaired) electrons. The van der Waals surface area contributed by atoms with Crippen LogP contribution in [0.5, 0.6) is 5.75 Å². The molecule has 2 N–H and O–H groups in total. The fourth-order valence-corrected chi connectivity index (χ4v) is 5.33. The van der Waals surface area contributed by atoms with Gasteiger partial charge in [-0.2, -0.15) is 0 Å². The van der Waals surface area contributed by atoms with Crippen LogP contribution in [0.25, 0.3) is 10.2 Å². The van der Waals surface area contributed by atoms with E-state index in [1.807, 2.05) is 38.1 Å². The van der Waals surface area contributed by atoms with E-state index in [2.05, 4.69) is 25.5 Å². The Bertz CT molecular complexity index is 1200. The minimum atomic E-state index is -0.0832. The van der Waals surface area contributed by atoms with Gasteiger partial charge in [0, 0.05) is 16.6 Å². The van der Waals surface area contributed by atoms with Crippen molar-refractivity contribution in [2.45, 2.75) is 23.9 Å². The van der Waals surface area contributed by atoms with Gasteiger partial charge >= 0.3 is 0 Å². The van der Waals surface area contributed by atoms with Gasteiger partial charge in [0.2, 0.25) is 5.13 Å². The summed E-state index contributed by atoms with van der Waals surface area (Å²) in [6.45, 7) is 3.96. The summed E-state index contributed by atoms with van der Waals surface area (Å²) < 4.78 is 6.02. The molecule has 28 heavy (non-hydrogen) atoms. The summed E-state index contributed by atoms with van der Waals surface area (Å²) in [4.78, 5) is 21.7. The lowest BCUT2D eigenvalue weighted by molar-refractivity contribution is 0.415. The molecule has 10 heteroatoms. The first kappa shape index (κ1) is 18.9. The SMILES string of the molecule is COc1cccc(Nc2nnc(SCc3nc4sc(C)c(C)c4c(=O)[nH]3)s2)c1. The van der Waals surface area contributed by atoms with Crippen LogP contribution in [0, 0.1) is 13.8 Å². The number of hydrogen-bond donors (Lipinski definition) is 2. The van der Waals surface area contributed by atoms with Crippen molar-refractivity contribution >= 4 is 55.5 Å². The zero-order valence-electron chi connectivity index (χ0n) is 15.4. The van der Waals surface area contributed by atoms with E-state index in [1.54, 1.807) is 18.4 Å². The van der Waals surface area contributed by atoms with Crippen LogP contribution in [0.3, 0.4) is 0 Å². The van der Waals surface area contributed by atoms with Crippen LogP contribution in [-0.4, -0.2) is 27.3 Å². The highest BCUT2D eigenvalue weighted by Gasteiger charge is 2.13. The number of aromatic nitrogens is 4. The van der Waals surface area contributed by atoms with Gasteiger partial charge in [0.25, 0.3) is 5.56 Å². The molecule has 0 aliphatic rings. The summed E-state index contributed by atoms with van der Waals surface area (Å²) in [5.74, 6) is 1.93. The molecular formula is C18H17N5O2S3. The zero-order chi connectivity index (χ0) is 19.7. The highest BCUT2D eigenvalue weighted by molar-refractivity contribution is 8.00. The number of benzene rings is 1. The maximum Gasteiger partial charge on any atom is 0.259 e. The average molecular weight is 432 g/mol. The number of rotatable bonds is 6. The predicted molar refractivity (Wildman–Crippen MR) is 115 cm³/mol. The Hall–Kier alpha value is -2.43. The topological polar surface area (TPSA) is 92.8 Å². The van der Waals surface area contributed by atoms with E-state index < -0.39 is 0 Å². The van der Waals surface area contributed by atoms with E-state index in [4.69, 9.17) is 4.74 Å². The third-order valence-electron chi connectivity index (χ3n) is 4.15. The third-order valence-corrected chi connectivity index (χ3v) is 7.23. The van der Waals surface area contributed by atoms with Gasteiger partial charge in [-0.1, -0.05) is 29.2 Å². The fourth-order valence-electron chi connectivity index (χ4n) is 2.64. The lowest BCUT2D eigenvalue weighted by atomic mass is 10.2. The summed E-state index contributed by atoms with van der Waals surface area (Å²) in [5, 5.41) is 13.0. The van der Waals surface area contributed by atoms with Crippen LogP contribution in [0.4, 0.5) is 10.8 Å². The maximum atomic E-state index is 12.4. The number of hydrogen-bond acceptors (Lipinski definition) is 9. The van der Waals surface area contributed by atoms with E-state index in [9.17, 15) is 4.79 Å². The molecule has 0 aliphatic heterocycles. The van der Waals surface area contributed by atoms with Crippen LogP contribution in [-0.2, 0) is 5.75 Å². The number of ether oxygens (including phenoxy) is 1. The summed E-state index contributed by atoms with van der Waals surface area (Å²) in [6, 6.07) is 7.62. The first-order chi connectivity index (χ1) is 13.5. The Kier molecular flexibility index (Phi) is 5.33. The Morgan fingerprint density at radius 3 is 2.93 bits per heavy atom. The molecule has 0 saturated carbocycles. The Morgan fingerprint density at radius 2 is 2.11 bits per heavy atom. The van der Waals surface area contributed by atoms with Crippen molar-refractivity contribution in [3.63, 3.8) is 0 Å². The second-order valence-electron chi connectivity index (χ2n) is 5.99. The quantitative estimate of drug-likeness (QED) is 0.434. The van der Waals surface area contributed by atoms with Crippen molar-refractivity contribution < 1.29 is 4.74 Å². The van der Waals surface area contributed by atoms with Crippen molar-refractivity contribution in [1.29, 1.82) is 0 Å². The smallest absolute Gasteiger partial charge is 0.259 e. The van der Waals surface area contributed by atoms with Crippen molar-refractivity contribution in [2.75, 3.05) is 12.4 Å². The second kappa shape index (κ2) is 7.90. The van der Waals surface area contributed by atoms with Crippen LogP contribution < -0.4 is 15.6 Å². The van der Waals surface area contributed by atoms with Gasteiger partial charge in [-0.25, -0.2) is 4.98 Å². The predicted octanol–water partition coefficient (Wildman–Crippen LogP) is 4.50. The summed E-state index contributed by atoms with van der Waals surface area (Å²) >= 11 is 4.49. The number of anilines is 2. The van der Waals surface area contributed by atoms with Gasteiger partial charge in [-0.15, -0.1) is 21.5 Å². The third kappa shape index (κ3) is 3.89. The summed E-state index contributed by atoms with van der Waals surface area (Å²) in [6.07, 6.45) is 0. The molecule has 0 amide bonds. The second-order valence-corrected chi connectivity index (χ2v) is 9.40. The van der Waals surface area contributed by atoms with Gasteiger partial charge < -0.3 is 15.0 Å². The summed E-state index contributed by atoms with van der Waals surface area (Å²) in [7, 11) is 1.63. The lowest BCUT2D eigenvalue weighted by Gasteiger charge is -2.04. The van der Waals surface area contributed by atoms with Crippen LogP contribution in [0.1, 0.15) is 16.3 Å². The Labute approximate surface area is 173 Å². The first-order valence-corrected chi connectivity index (χ1v) is 11.0. The molecule has 1 aromatic carbocycles. The minimum Gasteiger partial charge on any atom is -0.497 e. The fraction of sp³-hybridized carbons (Fsp3) is 0.222. The van der Waals surface area contributed by atoms with E-state index in [-0.39, 0.29) is 5.56 Å². The molecule has 4 aromatic rings. The molecule has 144 valence electrons. The molecule has 0 spiro atoms. The van der Waals surface area contributed by atoms with E-state index in [1.165, 1.54) is 23.1 Å². The number of fused-ring (bicyclic) bond motifs is 1. The van der Waals surface area contributed by atoms with Gasteiger partial charge in [-0.3, -0.25) is 4.79 Å². The maximum absolute atomic E-state index is 12.4. The molecule has 7 nitrogen and oxygen atoms in total. The monoisotopic (exact) mass is 431 g/mol. The number of nitrogens with zero attached hydrogens (tertiary/aromatic N) is 3. The van der Waals surface area contributed by atoms with E-state index in [0.717, 1.165) is 31.0 Å². The van der Waals surface area contributed by atoms with Crippen molar-refractivity contribution in [1.82, 2.24) is 20.2 Å². The molecule has 3 aromatic heterocycles. The molecule has 0 saturated heterocycles. The normalized spacial score (nSPS) is 11.1. The van der Waals surface area contributed by atoms with Crippen LogP contribution >= 0.6 is 34.4 Å². The van der Waals surface area contributed by atoms with Gasteiger partial charge in [0.05, 0.1) is 18.2 Å². The number of nitrogens with one attached hydrogen (secondary N) is 2. The van der Waals surface area contributed by atoms with Crippen molar-refractivity contribution in [3.8, 4) is 5.75 Å². The summed E-state index contributed by atoms with van der Waals surface area (Å²) in [5.41, 5.74) is 1.80. The molecule has 0 fully saturated rings. The lowest BCUT2D eigenvalue weighted by Crippen LogP contribution is -2.10. The molecule has 0 unspecified atom stereocenters. The van der Waals surface area contributed by atoms with Crippen LogP contribution in [0.15, 0.2) is 33.4 Å². The highest BCUT2D eigenvalue weighted by Crippen LogP contribution is 2.31. The number of thiophene rings is 1. The molecule has 0 aliphatic carbocycles. The van der Waals surface area contributed by atoms with Crippen LogP contribution in [0.2, 0.25) is 0 Å². The molecule has 0 atom stereocenters. The molecule has 3 heterocycles. The minimum absolute atomic E-state index is 0.0832. The number of aromatic amines is 1. The number of H-pyrrole nitrogens is 1. The largest absolute Gasteiger partial charge is 0.497 e. The van der Waals surface area contributed by atoms with Gasteiger partial charge in [0.15, 0.2) is 4.34 Å². The Balaban J connectivity index is 1.46. The van der Waals surface area contributed by atoms with E-state index >= 15 is 0 Å². The highest BCUT2D eigenvalue weighted by atomic mass is 32.2. The Morgan fingerprint density at radius 1 is 1.25 bits per heavy atom. The number of aryl methyl sites for hydroxylation is 2. The molecule has 0 bridgehead atoms. The van der Waals surface area contributed by atoms with Crippen molar-refractivity contribution in [3.05, 3.63) is 50.9 Å². The van der Waals surface area contributed by atoms with Gasteiger partial charge in [-0.05, 0) is 31.5 Å².